The Morgan fingerprint density at radius 1 is 0.933 bits per heavy atom. The fraction of sp³-hybridized carbons (Fsp3) is 0.727. The zero-order valence-electron chi connectivity index (χ0n) is 17.4. The first-order valence-electron chi connectivity index (χ1n) is 10.7. The van der Waals surface area contributed by atoms with Crippen molar-refractivity contribution in [1.29, 1.82) is 0 Å². The molecule has 0 saturated carbocycles. The van der Waals surface area contributed by atoms with Gasteiger partial charge >= 0.3 is 6.18 Å². The number of hydrogen-bond acceptors (Lipinski definition) is 5. The first-order valence-corrected chi connectivity index (χ1v) is 10.7. The number of alkyl halides is 3. The van der Waals surface area contributed by atoms with E-state index < -0.39 is 12.8 Å². The molecule has 170 valence electrons. The second kappa shape index (κ2) is 11.3. The van der Waals surface area contributed by atoms with Gasteiger partial charge in [-0.3, -0.25) is 0 Å². The SMILES string of the molecule is CCCC[C@H]1CO[C@H]([C@H]2CO[C@H](CCc3ccc(OCC(F)(F)F)cc3)OC2)OC1. The Bertz CT molecular complexity index is 606. The van der Waals surface area contributed by atoms with Gasteiger partial charge in [0.25, 0.3) is 0 Å². The molecule has 1 aromatic rings. The van der Waals surface area contributed by atoms with Gasteiger partial charge < -0.3 is 23.7 Å². The zero-order chi connectivity index (χ0) is 21.4. The van der Waals surface area contributed by atoms with Crippen molar-refractivity contribution in [3.63, 3.8) is 0 Å². The molecule has 2 fully saturated rings. The van der Waals surface area contributed by atoms with Gasteiger partial charge in [-0.05, 0) is 30.5 Å². The van der Waals surface area contributed by atoms with Gasteiger partial charge in [0.1, 0.15) is 5.75 Å². The van der Waals surface area contributed by atoms with E-state index in [2.05, 4.69) is 6.92 Å². The predicted octanol–water partition coefficient (Wildman–Crippen LogP) is 4.73. The molecule has 30 heavy (non-hydrogen) atoms. The summed E-state index contributed by atoms with van der Waals surface area (Å²) in [6, 6.07) is 6.61. The van der Waals surface area contributed by atoms with Crippen LogP contribution in [0.4, 0.5) is 13.2 Å². The third kappa shape index (κ3) is 7.72. The van der Waals surface area contributed by atoms with Crippen molar-refractivity contribution in [3.8, 4) is 5.75 Å². The molecule has 2 aliphatic rings. The van der Waals surface area contributed by atoms with E-state index in [-0.39, 0.29) is 24.2 Å². The summed E-state index contributed by atoms with van der Waals surface area (Å²) >= 11 is 0. The molecule has 3 rings (SSSR count). The lowest BCUT2D eigenvalue weighted by atomic mass is 10.0. The Morgan fingerprint density at radius 3 is 2.20 bits per heavy atom. The molecule has 0 amide bonds. The number of halogens is 3. The minimum absolute atomic E-state index is 0.0680. The first kappa shape index (κ1) is 23.3. The van der Waals surface area contributed by atoms with Gasteiger partial charge in [0.05, 0.1) is 32.3 Å². The van der Waals surface area contributed by atoms with Gasteiger partial charge in [0, 0.05) is 12.3 Å². The fourth-order valence-electron chi connectivity index (χ4n) is 3.57. The van der Waals surface area contributed by atoms with Gasteiger partial charge in [-0.1, -0.05) is 31.9 Å². The van der Waals surface area contributed by atoms with Crippen LogP contribution in [0.2, 0.25) is 0 Å². The summed E-state index contributed by atoms with van der Waals surface area (Å²) in [6.07, 6.45) is -0.0265. The second-order valence-electron chi connectivity index (χ2n) is 7.99. The summed E-state index contributed by atoms with van der Waals surface area (Å²) in [7, 11) is 0. The molecule has 0 aliphatic carbocycles. The minimum atomic E-state index is -4.34. The van der Waals surface area contributed by atoms with Crippen LogP contribution in [0.5, 0.6) is 5.75 Å². The van der Waals surface area contributed by atoms with E-state index in [0.717, 1.165) is 25.2 Å². The number of hydrogen-bond donors (Lipinski definition) is 0. The molecular weight excluding hydrogens is 401 g/mol. The Labute approximate surface area is 175 Å². The van der Waals surface area contributed by atoms with Crippen LogP contribution in [0.3, 0.4) is 0 Å². The third-order valence-electron chi connectivity index (χ3n) is 5.33. The zero-order valence-corrected chi connectivity index (χ0v) is 17.4. The largest absolute Gasteiger partial charge is 0.484 e. The molecule has 1 aromatic carbocycles. The molecule has 5 nitrogen and oxygen atoms in total. The highest BCUT2D eigenvalue weighted by Crippen LogP contribution is 2.26. The summed E-state index contributed by atoms with van der Waals surface area (Å²) < 4.78 is 64.7. The lowest BCUT2D eigenvalue weighted by Gasteiger charge is -2.37. The molecule has 0 unspecified atom stereocenters. The van der Waals surface area contributed by atoms with E-state index in [1.165, 1.54) is 12.8 Å². The highest BCUT2D eigenvalue weighted by Gasteiger charge is 2.33. The molecule has 2 heterocycles. The first-order chi connectivity index (χ1) is 14.4. The summed E-state index contributed by atoms with van der Waals surface area (Å²) in [5.74, 6) is 0.747. The van der Waals surface area contributed by atoms with Crippen molar-refractivity contribution < 1.29 is 36.9 Å². The number of aryl methyl sites for hydroxylation is 1. The summed E-state index contributed by atoms with van der Waals surface area (Å²) in [5.41, 5.74) is 0.987. The smallest absolute Gasteiger partial charge is 0.422 e. The maximum absolute atomic E-state index is 12.2. The van der Waals surface area contributed by atoms with Gasteiger partial charge in [-0.2, -0.15) is 13.2 Å². The van der Waals surface area contributed by atoms with Crippen LogP contribution in [-0.4, -0.2) is 51.8 Å². The monoisotopic (exact) mass is 432 g/mol. The average Bonchev–Trinajstić information content (AvgIpc) is 2.76. The van der Waals surface area contributed by atoms with Gasteiger partial charge in [-0.25, -0.2) is 0 Å². The van der Waals surface area contributed by atoms with Crippen LogP contribution in [0, 0.1) is 11.8 Å². The maximum Gasteiger partial charge on any atom is 0.422 e. The van der Waals surface area contributed by atoms with E-state index >= 15 is 0 Å². The van der Waals surface area contributed by atoms with E-state index in [1.807, 2.05) is 0 Å². The van der Waals surface area contributed by atoms with E-state index in [1.54, 1.807) is 24.3 Å². The number of rotatable bonds is 9. The van der Waals surface area contributed by atoms with Crippen LogP contribution in [0.1, 0.15) is 38.2 Å². The molecule has 2 saturated heterocycles. The van der Waals surface area contributed by atoms with Crippen molar-refractivity contribution in [2.24, 2.45) is 11.8 Å². The van der Waals surface area contributed by atoms with E-state index in [0.29, 0.717) is 32.0 Å². The van der Waals surface area contributed by atoms with E-state index in [9.17, 15) is 13.2 Å². The van der Waals surface area contributed by atoms with Crippen molar-refractivity contribution >= 4 is 0 Å². The number of ether oxygens (including phenoxy) is 5. The van der Waals surface area contributed by atoms with Crippen molar-refractivity contribution in [2.75, 3.05) is 33.0 Å². The fourth-order valence-corrected chi connectivity index (χ4v) is 3.57. The standard InChI is InChI=1S/C22H31F3O5/c1-2-3-4-17-11-28-21(29-12-17)18-13-26-20(27-14-18)10-7-16-5-8-19(9-6-16)30-15-22(23,24)25/h5-6,8-9,17-18,20-21H,2-4,7,10-15H2,1H3/t17-,18-,20-,21-. The Kier molecular flexibility index (Phi) is 8.80. The van der Waals surface area contributed by atoms with Gasteiger partial charge in [0.15, 0.2) is 19.2 Å². The molecular formula is C22H31F3O5. The predicted molar refractivity (Wildman–Crippen MR) is 104 cm³/mol. The number of benzene rings is 1. The second-order valence-corrected chi connectivity index (χ2v) is 7.99. The van der Waals surface area contributed by atoms with Crippen molar-refractivity contribution in [1.82, 2.24) is 0 Å². The third-order valence-corrected chi connectivity index (χ3v) is 5.33. The highest BCUT2D eigenvalue weighted by atomic mass is 19.4. The van der Waals surface area contributed by atoms with Gasteiger partial charge in [-0.15, -0.1) is 0 Å². The molecule has 0 aromatic heterocycles. The average molecular weight is 432 g/mol. The number of unbranched alkanes of at least 4 members (excludes halogenated alkanes) is 1. The van der Waals surface area contributed by atoms with Crippen molar-refractivity contribution in [2.45, 2.75) is 57.8 Å². The Balaban J connectivity index is 1.32. The maximum atomic E-state index is 12.2. The highest BCUT2D eigenvalue weighted by molar-refractivity contribution is 5.27. The molecule has 0 spiro atoms. The molecule has 8 heteroatoms. The lowest BCUT2D eigenvalue weighted by molar-refractivity contribution is -0.281. The van der Waals surface area contributed by atoms with Crippen LogP contribution >= 0.6 is 0 Å². The minimum Gasteiger partial charge on any atom is -0.484 e. The molecule has 0 radical (unpaired) electrons. The van der Waals surface area contributed by atoms with Crippen LogP contribution in [0.15, 0.2) is 24.3 Å². The lowest BCUT2D eigenvalue weighted by Crippen LogP contribution is -2.44. The Morgan fingerprint density at radius 2 is 1.60 bits per heavy atom. The normalized spacial score (nSPS) is 27.7. The Hall–Kier alpha value is -1.35. The van der Waals surface area contributed by atoms with Gasteiger partial charge in [0.2, 0.25) is 0 Å². The van der Waals surface area contributed by atoms with E-state index in [4.69, 9.17) is 23.7 Å². The van der Waals surface area contributed by atoms with Crippen LogP contribution in [-0.2, 0) is 25.4 Å². The summed E-state index contributed by atoms with van der Waals surface area (Å²) in [5, 5.41) is 0. The summed E-state index contributed by atoms with van der Waals surface area (Å²) in [4.78, 5) is 0. The summed E-state index contributed by atoms with van der Waals surface area (Å²) in [6.45, 7) is 3.41. The molecule has 0 N–H and O–H groups in total. The quantitative estimate of drug-likeness (QED) is 0.565. The van der Waals surface area contributed by atoms with Crippen molar-refractivity contribution in [3.05, 3.63) is 29.8 Å². The molecule has 0 bridgehead atoms. The topological polar surface area (TPSA) is 46.2 Å². The van der Waals surface area contributed by atoms with Crippen LogP contribution in [0.25, 0.3) is 0 Å². The van der Waals surface area contributed by atoms with Crippen LogP contribution < -0.4 is 4.74 Å². The molecule has 0 atom stereocenters. The molecule has 2 aliphatic heterocycles.